The smallest absolute Gasteiger partial charge is 0.175 e. The van der Waals surface area contributed by atoms with Crippen LogP contribution in [-0.2, 0) is 29.2 Å². The van der Waals surface area contributed by atoms with Crippen molar-refractivity contribution >= 4 is 32.5 Å². The summed E-state index contributed by atoms with van der Waals surface area (Å²) in [7, 11) is -3.14. The average molecular weight is 402 g/mol. The van der Waals surface area contributed by atoms with Gasteiger partial charge in [-0.2, -0.15) is 0 Å². The number of nitrogens with zero attached hydrogens (tertiary/aromatic N) is 3. The van der Waals surface area contributed by atoms with E-state index in [9.17, 15) is 8.42 Å². The lowest BCUT2D eigenvalue weighted by Gasteiger charge is -2.28. The van der Waals surface area contributed by atoms with Crippen molar-refractivity contribution in [1.29, 1.82) is 0 Å². The van der Waals surface area contributed by atoms with Gasteiger partial charge in [0.25, 0.3) is 0 Å². The highest BCUT2D eigenvalue weighted by molar-refractivity contribution is 7.90. The summed E-state index contributed by atoms with van der Waals surface area (Å²) in [5.74, 6) is 0. The summed E-state index contributed by atoms with van der Waals surface area (Å²) in [5, 5.41) is 1.59. The molecule has 0 amide bonds. The van der Waals surface area contributed by atoms with Gasteiger partial charge in [-0.15, -0.1) is 0 Å². The van der Waals surface area contributed by atoms with E-state index in [1.165, 1.54) is 11.8 Å². The predicted octanol–water partition coefficient (Wildman–Crippen LogP) is 3.29. The number of hydrogen-bond acceptors (Lipinski definition) is 5. The van der Waals surface area contributed by atoms with Crippen LogP contribution in [0.5, 0.6) is 0 Å². The van der Waals surface area contributed by atoms with Crippen LogP contribution < -0.4 is 0 Å². The fourth-order valence-corrected chi connectivity index (χ4v) is 4.23. The van der Waals surface area contributed by atoms with Crippen LogP contribution in [0.2, 0.25) is 5.02 Å². The van der Waals surface area contributed by atoms with E-state index >= 15 is 0 Å². The molecule has 3 aromatic rings. The molecule has 140 valence electrons. The highest BCUT2D eigenvalue weighted by Gasteiger charge is 2.18. The number of aromatic nitrogens is 2. The third-order valence-corrected chi connectivity index (χ3v) is 6.27. The van der Waals surface area contributed by atoms with Crippen LogP contribution in [0.1, 0.15) is 16.8 Å². The van der Waals surface area contributed by atoms with Crippen molar-refractivity contribution in [3.63, 3.8) is 0 Å². The Morgan fingerprint density at radius 3 is 2.70 bits per heavy atom. The molecule has 7 heteroatoms. The van der Waals surface area contributed by atoms with Gasteiger partial charge in [0, 0.05) is 49.6 Å². The average Bonchev–Trinajstić information content (AvgIpc) is 2.64. The molecule has 0 aliphatic carbocycles. The minimum atomic E-state index is -3.14. The summed E-state index contributed by atoms with van der Waals surface area (Å²) in [5.41, 5.74) is 4.23. The zero-order valence-electron chi connectivity index (χ0n) is 15.0. The normalized spacial score (nSPS) is 15.0. The van der Waals surface area contributed by atoms with Crippen molar-refractivity contribution in [2.24, 2.45) is 0 Å². The molecule has 5 nitrogen and oxygen atoms in total. The molecule has 0 bridgehead atoms. The lowest BCUT2D eigenvalue weighted by atomic mass is 10.0. The van der Waals surface area contributed by atoms with Gasteiger partial charge < -0.3 is 0 Å². The quantitative estimate of drug-likeness (QED) is 0.671. The number of rotatable bonds is 4. The van der Waals surface area contributed by atoms with Crippen molar-refractivity contribution in [1.82, 2.24) is 14.9 Å². The summed E-state index contributed by atoms with van der Waals surface area (Å²) in [6, 6.07) is 11.2. The largest absolute Gasteiger partial charge is 0.298 e. The number of pyridine rings is 2. The highest BCUT2D eigenvalue weighted by atomic mass is 35.5. The topological polar surface area (TPSA) is 63.2 Å². The Bertz CT molecular complexity index is 1100. The molecule has 3 heterocycles. The van der Waals surface area contributed by atoms with Gasteiger partial charge in [-0.25, -0.2) is 18.4 Å². The third-order valence-electron chi connectivity index (χ3n) is 4.93. The maximum Gasteiger partial charge on any atom is 0.175 e. The van der Waals surface area contributed by atoms with E-state index in [1.54, 1.807) is 18.3 Å². The zero-order chi connectivity index (χ0) is 19.0. The standard InChI is InChI=1S/C20H20ClN3O2S/c1-27(25,26)18-4-2-14(3-5-18)6-8-24-9-7-19-16(13-24)10-15-11-17(21)12-22-20(15)23-19/h2-5,10-12H,6-9,13H2,1H3. The van der Waals surface area contributed by atoms with Gasteiger partial charge in [-0.1, -0.05) is 23.7 Å². The van der Waals surface area contributed by atoms with Crippen LogP contribution in [-0.4, -0.2) is 42.6 Å². The molecule has 0 atom stereocenters. The molecule has 1 aliphatic rings. The van der Waals surface area contributed by atoms with Crippen LogP contribution in [0.3, 0.4) is 0 Å². The molecular formula is C20H20ClN3O2S. The molecule has 1 aliphatic heterocycles. The SMILES string of the molecule is CS(=O)(=O)c1ccc(CCN2CCc3nc4ncc(Cl)cc4cc3C2)cc1. The highest BCUT2D eigenvalue weighted by Crippen LogP contribution is 2.23. The monoisotopic (exact) mass is 401 g/mol. The Morgan fingerprint density at radius 1 is 1.19 bits per heavy atom. The first kappa shape index (κ1) is 18.3. The second-order valence-corrected chi connectivity index (χ2v) is 9.44. The third kappa shape index (κ3) is 4.13. The first-order valence-electron chi connectivity index (χ1n) is 8.84. The van der Waals surface area contributed by atoms with Crippen molar-refractivity contribution in [3.8, 4) is 0 Å². The van der Waals surface area contributed by atoms with Crippen molar-refractivity contribution in [2.75, 3.05) is 19.3 Å². The maximum atomic E-state index is 11.6. The Kier molecular flexibility index (Phi) is 4.88. The summed E-state index contributed by atoms with van der Waals surface area (Å²) < 4.78 is 23.1. The number of hydrogen-bond donors (Lipinski definition) is 0. The van der Waals surface area contributed by atoms with Crippen LogP contribution in [0.25, 0.3) is 11.0 Å². The second kappa shape index (κ2) is 7.19. The Balaban J connectivity index is 1.45. The van der Waals surface area contributed by atoms with Gasteiger partial charge in [-0.3, -0.25) is 4.90 Å². The molecule has 27 heavy (non-hydrogen) atoms. The van der Waals surface area contributed by atoms with Gasteiger partial charge in [-0.05, 0) is 41.8 Å². The molecule has 0 saturated heterocycles. The lowest BCUT2D eigenvalue weighted by molar-refractivity contribution is 0.255. The molecule has 0 radical (unpaired) electrons. The minimum Gasteiger partial charge on any atom is -0.298 e. The van der Waals surface area contributed by atoms with E-state index in [0.29, 0.717) is 9.92 Å². The Labute approximate surface area is 163 Å². The first-order valence-corrected chi connectivity index (χ1v) is 11.1. The van der Waals surface area contributed by atoms with Crippen LogP contribution in [0.15, 0.2) is 47.5 Å². The number of fused-ring (bicyclic) bond motifs is 2. The van der Waals surface area contributed by atoms with Gasteiger partial charge in [0.2, 0.25) is 0 Å². The molecule has 1 aromatic carbocycles. The summed E-state index contributed by atoms with van der Waals surface area (Å²) in [4.78, 5) is 11.8. The fourth-order valence-electron chi connectivity index (χ4n) is 3.44. The van der Waals surface area contributed by atoms with Crippen molar-refractivity contribution < 1.29 is 8.42 Å². The van der Waals surface area contributed by atoms with Gasteiger partial charge in [0.1, 0.15) is 0 Å². The second-order valence-electron chi connectivity index (χ2n) is 6.99. The fraction of sp³-hybridized carbons (Fsp3) is 0.300. The van der Waals surface area contributed by atoms with E-state index in [1.807, 2.05) is 18.2 Å². The molecule has 0 unspecified atom stereocenters. The van der Waals surface area contributed by atoms with E-state index in [0.717, 1.165) is 54.8 Å². The molecule has 0 fully saturated rings. The minimum absolute atomic E-state index is 0.364. The summed E-state index contributed by atoms with van der Waals surface area (Å²) >= 11 is 6.05. The van der Waals surface area contributed by atoms with Gasteiger partial charge in [0.05, 0.1) is 9.92 Å². The molecule has 0 saturated carbocycles. The lowest BCUT2D eigenvalue weighted by Crippen LogP contribution is -2.32. The van der Waals surface area contributed by atoms with Gasteiger partial charge >= 0.3 is 0 Å². The number of halogens is 1. The molecule has 2 aromatic heterocycles. The Hall–Kier alpha value is -2.02. The zero-order valence-corrected chi connectivity index (χ0v) is 16.6. The van der Waals surface area contributed by atoms with E-state index in [2.05, 4.69) is 20.9 Å². The summed E-state index contributed by atoms with van der Waals surface area (Å²) in [6.07, 6.45) is 4.65. The van der Waals surface area contributed by atoms with Crippen molar-refractivity contribution in [3.05, 3.63) is 64.4 Å². The summed E-state index contributed by atoms with van der Waals surface area (Å²) in [6.45, 7) is 2.73. The van der Waals surface area contributed by atoms with Crippen LogP contribution in [0, 0.1) is 0 Å². The van der Waals surface area contributed by atoms with Crippen LogP contribution >= 0.6 is 11.6 Å². The number of sulfone groups is 1. The first-order chi connectivity index (χ1) is 12.9. The maximum absolute atomic E-state index is 11.6. The molecular weight excluding hydrogens is 382 g/mol. The predicted molar refractivity (Wildman–Crippen MR) is 107 cm³/mol. The van der Waals surface area contributed by atoms with E-state index in [4.69, 9.17) is 11.6 Å². The molecule has 0 spiro atoms. The van der Waals surface area contributed by atoms with Gasteiger partial charge in [0.15, 0.2) is 15.5 Å². The molecule has 4 rings (SSSR count). The van der Waals surface area contributed by atoms with Crippen molar-refractivity contribution in [2.45, 2.75) is 24.3 Å². The van der Waals surface area contributed by atoms with E-state index in [-0.39, 0.29) is 0 Å². The number of benzene rings is 1. The van der Waals surface area contributed by atoms with Crippen LogP contribution in [0.4, 0.5) is 0 Å². The Morgan fingerprint density at radius 2 is 1.96 bits per heavy atom. The molecule has 0 N–H and O–H groups in total. The van der Waals surface area contributed by atoms with E-state index < -0.39 is 9.84 Å².